The molecule has 0 saturated carbocycles. The first-order chi connectivity index (χ1) is 11.6. The summed E-state index contributed by atoms with van der Waals surface area (Å²) in [7, 11) is 3.33. The van der Waals surface area contributed by atoms with Gasteiger partial charge < -0.3 is 14.6 Å². The second-order valence-corrected chi connectivity index (χ2v) is 6.36. The number of allylic oxidation sites excluding steroid dienone is 1. The standard InChI is InChI=1S/C21H24O3/c1-5-17-13(2)21(22)18-11-10-16(24-4)12-19(18)20(17)14-6-8-15(23-3)9-7-14/h5-13,17,20-22H,1H2,2-4H3/t13-,17+,20-,21-/m0/s1. The zero-order valence-electron chi connectivity index (χ0n) is 14.4. The number of methoxy groups -OCH3 is 2. The van der Waals surface area contributed by atoms with Crippen molar-refractivity contribution in [3.05, 3.63) is 71.8 Å². The van der Waals surface area contributed by atoms with E-state index in [4.69, 9.17) is 9.47 Å². The third-order valence-electron chi connectivity index (χ3n) is 5.18. The highest BCUT2D eigenvalue weighted by Crippen LogP contribution is 2.49. The van der Waals surface area contributed by atoms with Crippen molar-refractivity contribution in [1.29, 1.82) is 0 Å². The van der Waals surface area contributed by atoms with Crippen LogP contribution in [0.4, 0.5) is 0 Å². The maximum absolute atomic E-state index is 10.7. The van der Waals surface area contributed by atoms with E-state index >= 15 is 0 Å². The molecular weight excluding hydrogens is 300 g/mol. The van der Waals surface area contributed by atoms with Crippen molar-refractivity contribution in [2.45, 2.75) is 18.9 Å². The molecule has 0 heterocycles. The third kappa shape index (κ3) is 2.69. The first kappa shape index (κ1) is 16.6. The summed E-state index contributed by atoms with van der Waals surface area (Å²) in [5.41, 5.74) is 3.27. The molecular formula is C21H24O3. The van der Waals surface area contributed by atoms with Crippen LogP contribution in [-0.4, -0.2) is 19.3 Å². The van der Waals surface area contributed by atoms with Crippen LogP contribution < -0.4 is 9.47 Å². The third-order valence-corrected chi connectivity index (χ3v) is 5.18. The maximum atomic E-state index is 10.7. The maximum Gasteiger partial charge on any atom is 0.119 e. The van der Waals surface area contributed by atoms with Crippen molar-refractivity contribution in [3.63, 3.8) is 0 Å². The summed E-state index contributed by atoms with van der Waals surface area (Å²) >= 11 is 0. The highest BCUT2D eigenvalue weighted by molar-refractivity contribution is 5.48. The number of hydrogen-bond donors (Lipinski definition) is 1. The lowest BCUT2D eigenvalue weighted by molar-refractivity contribution is 0.0774. The van der Waals surface area contributed by atoms with Crippen LogP contribution >= 0.6 is 0 Å². The van der Waals surface area contributed by atoms with Crippen molar-refractivity contribution in [2.75, 3.05) is 14.2 Å². The van der Waals surface area contributed by atoms with Crippen LogP contribution in [0.5, 0.6) is 11.5 Å². The topological polar surface area (TPSA) is 38.7 Å². The zero-order chi connectivity index (χ0) is 17.3. The lowest BCUT2D eigenvalue weighted by atomic mass is 9.66. The van der Waals surface area contributed by atoms with E-state index in [0.717, 1.165) is 22.6 Å². The minimum Gasteiger partial charge on any atom is -0.497 e. The highest BCUT2D eigenvalue weighted by atomic mass is 16.5. The number of ether oxygens (including phenoxy) is 2. The van der Waals surface area contributed by atoms with Crippen LogP contribution in [-0.2, 0) is 0 Å². The summed E-state index contributed by atoms with van der Waals surface area (Å²) < 4.78 is 10.7. The lowest BCUT2D eigenvalue weighted by Gasteiger charge is -2.40. The van der Waals surface area contributed by atoms with E-state index < -0.39 is 6.10 Å². The number of hydrogen-bond acceptors (Lipinski definition) is 3. The Morgan fingerprint density at radius 1 is 0.958 bits per heavy atom. The van der Waals surface area contributed by atoms with Crippen molar-refractivity contribution in [2.24, 2.45) is 11.8 Å². The smallest absolute Gasteiger partial charge is 0.119 e. The SMILES string of the molecule is C=C[C@H]1[C@H](c2ccc(OC)cc2)c2cc(OC)ccc2[C@@H](O)[C@H]1C. The molecule has 0 fully saturated rings. The quantitative estimate of drug-likeness (QED) is 0.851. The molecule has 2 aromatic rings. The summed E-state index contributed by atoms with van der Waals surface area (Å²) in [5.74, 6) is 2.01. The van der Waals surface area contributed by atoms with Gasteiger partial charge in [0.1, 0.15) is 11.5 Å². The first-order valence-electron chi connectivity index (χ1n) is 8.23. The summed E-state index contributed by atoms with van der Waals surface area (Å²) in [6.45, 7) is 6.11. The number of aliphatic hydroxyl groups is 1. The summed E-state index contributed by atoms with van der Waals surface area (Å²) in [4.78, 5) is 0. The van der Waals surface area contributed by atoms with E-state index in [9.17, 15) is 5.11 Å². The molecule has 3 rings (SSSR count). The Bertz CT molecular complexity index is 720. The van der Waals surface area contributed by atoms with E-state index in [1.807, 2.05) is 36.4 Å². The van der Waals surface area contributed by atoms with Crippen LogP contribution in [0.1, 0.15) is 35.6 Å². The predicted molar refractivity (Wildman–Crippen MR) is 95.6 cm³/mol. The van der Waals surface area contributed by atoms with Gasteiger partial charge in [-0.25, -0.2) is 0 Å². The first-order valence-corrected chi connectivity index (χ1v) is 8.23. The van der Waals surface area contributed by atoms with Gasteiger partial charge in [-0.05, 0) is 52.8 Å². The van der Waals surface area contributed by atoms with Crippen molar-refractivity contribution in [1.82, 2.24) is 0 Å². The molecule has 0 saturated heterocycles. The van der Waals surface area contributed by atoms with Gasteiger partial charge in [0, 0.05) is 5.92 Å². The van der Waals surface area contributed by atoms with Crippen molar-refractivity contribution in [3.8, 4) is 11.5 Å². The Morgan fingerprint density at radius 3 is 2.17 bits per heavy atom. The fraction of sp³-hybridized carbons (Fsp3) is 0.333. The van der Waals surface area contributed by atoms with Gasteiger partial charge in [0.2, 0.25) is 0 Å². The van der Waals surface area contributed by atoms with E-state index in [1.54, 1.807) is 14.2 Å². The van der Waals surface area contributed by atoms with Gasteiger partial charge in [0.05, 0.1) is 20.3 Å². The fourth-order valence-electron chi connectivity index (χ4n) is 3.79. The van der Waals surface area contributed by atoms with Gasteiger partial charge in [-0.15, -0.1) is 6.58 Å². The molecule has 4 atom stereocenters. The largest absolute Gasteiger partial charge is 0.497 e. The molecule has 1 aliphatic carbocycles. The van der Waals surface area contributed by atoms with E-state index in [0.29, 0.717) is 0 Å². The van der Waals surface area contributed by atoms with Gasteiger partial charge in [-0.1, -0.05) is 31.2 Å². The minimum atomic E-state index is -0.497. The Labute approximate surface area is 143 Å². The molecule has 0 aliphatic heterocycles. The average molecular weight is 324 g/mol. The molecule has 1 aliphatic rings. The number of rotatable bonds is 4. The Kier molecular flexibility index (Phi) is 4.63. The number of aliphatic hydroxyl groups excluding tert-OH is 1. The Hall–Kier alpha value is -2.26. The average Bonchev–Trinajstić information content (AvgIpc) is 2.64. The number of fused-ring (bicyclic) bond motifs is 1. The molecule has 0 amide bonds. The normalized spacial score (nSPS) is 25.7. The van der Waals surface area contributed by atoms with Crippen LogP contribution in [0, 0.1) is 11.8 Å². The zero-order valence-corrected chi connectivity index (χ0v) is 14.4. The van der Waals surface area contributed by atoms with E-state index in [1.165, 1.54) is 5.56 Å². The Morgan fingerprint density at radius 2 is 1.58 bits per heavy atom. The van der Waals surface area contributed by atoms with Gasteiger partial charge in [-0.2, -0.15) is 0 Å². The molecule has 3 heteroatoms. The minimum absolute atomic E-state index is 0.0931. The molecule has 0 aromatic heterocycles. The van der Waals surface area contributed by atoms with Crippen LogP contribution in [0.2, 0.25) is 0 Å². The molecule has 2 aromatic carbocycles. The van der Waals surface area contributed by atoms with Crippen molar-refractivity contribution >= 4 is 0 Å². The second kappa shape index (κ2) is 6.70. The van der Waals surface area contributed by atoms with Crippen LogP contribution in [0.25, 0.3) is 0 Å². The van der Waals surface area contributed by atoms with Crippen molar-refractivity contribution < 1.29 is 14.6 Å². The molecule has 0 unspecified atom stereocenters. The van der Waals surface area contributed by atoms with Crippen LogP contribution in [0.15, 0.2) is 55.1 Å². The van der Waals surface area contributed by atoms with Gasteiger partial charge >= 0.3 is 0 Å². The number of benzene rings is 2. The molecule has 1 N–H and O–H groups in total. The molecule has 24 heavy (non-hydrogen) atoms. The highest BCUT2D eigenvalue weighted by Gasteiger charge is 2.39. The van der Waals surface area contributed by atoms with E-state index in [-0.39, 0.29) is 17.8 Å². The van der Waals surface area contributed by atoms with E-state index in [2.05, 4.69) is 25.6 Å². The van der Waals surface area contributed by atoms with Gasteiger partial charge in [0.25, 0.3) is 0 Å². The molecule has 0 bridgehead atoms. The molecule has 126 valence electrons. The monoisotopic (exact) mass is 324 g/mol. The molecule has 3 nitrogen and oxygen atoms in total. The molecule has 0 radical (unpaired) electrons. The fourth-order valence-corrected chi connectivity index (χ4v) is 3.79. The summed E-state index contributed by atoms with van der Waals surface area (Å²) in [5, 5.41) is 10.7. The summed E-state index contributed by atoms with van der Waals surface area (Å²) in [6.07, 6.45) is 1.47. The van der Waals surface area contributed by atoms with Gasteiger partial charge in [0.15, 0.2) is 0 Å². The Balaban J connectivity index is 2.16. The summed E-state index contributed by atoms with van der Waals surface area (Å²) in [6, 6.07) is 14.1. The molecule has 0 spiro atoms. The van der Waals surface area contributed by atoms with Gasteiger partial charge in [-0.3, -0.25) is 0 Å². The lowest BCUT2D eigenvalue weighted by Crippen LogP contribution is -2.31. The second-order valence-electron chi connectivity index (χ2n) is 6.36. The van der Waals surface area contributed by atoms with Crippen LogP contribution in [0.3, 0.4) is 0 Å². The predicted octanol–water partition coefficient (Wildman–Crippen LogP) is 4.32.